The SMILES string of the molecule is C=C/C(=C\C(C)=[NH+]\[O-])c1c[nH]nc1OCc1ccc(-c2cccc3c2ncn3C)cc1. The first kappa shape index (κ1) is 20.2. The van der Waals surface area contributed by atoms with Gasteiger partial charge in [0, 0.05) is 31.8 Å². The number of hydrogen-bond donors (Lipinski definition) is 2. The van der Waals surface area contributed by atoms with E-state index < -0.39 is 0 Å². The Hall–Kier alpha value is -4.13. The molecule has 0 unspecified atom stereocenters. The highest BCUT2D eigenvalue weighted by Crippen LogP contribution is 2.28. The number of nitrogens with zero attached hydrogens (tertiary/aromatic N) is 3. The number of aromatic nitrogens is 4. The van der Waals surface area contributed by atoms with Gasteiger partial charge in [-0.05, 0) is 22.8 Å². The Morgan fingerprint density at radius 2 is 2.06 bits per heavy atom. The first-order valence-electron chi connectivity index (χ1n) is 9.83. The van der Waals surface area contributed by atoms with E-state index >= 15 is 0 Å². The monoisotopic (exact) mass is 413 g/mol. The number of H-pyrrole nitrogens is 1. The summed E-state index contributed by atoms with van der Waals surface area (Å²) in [5.74, 6) is 0.451. The van der Waals surface area contributed by atoms with Gasteiger partial charge in [0.2, 0.25) is 5.88 Å². The molecule has 0 radical (unpaired) electrons. The van der Waals surface area contributed by atoms with Gasteiger partial charge in [0.15, 0.2) is 5.71 Å². The first-order valence-corrected chi connectivity index (χ1v) is 9.83. The third-order valence-corrected chi connectivity index (χ3v) is 5.06. The Morgan fingerprint density at radius 3 is 2.81 bits per heavy atom. The molecule has 2 N–H and O–H groups in total. The largest absolute Gasteiger partial charge is 0.625 e. The van der Waals surface area contributed by atoms with Crippen molar-refractivity contribution in [3.8, 4) is 17.0 Å². The van der Waals surface area contributed by atoms with Gasteiger partial charge < -0.3 is 14.5 Å². The molecule has 4 rings (SSSR count). The number of rotatable bonds is 7. The molecule has 2 heterocycles. The molecule has 156 valence electrons. The molecule has 0 amide bonds. The molecule has 7 nitrogen and oxygen atoms in total. The molecule has 4 aromatic rings. The Bertz CT molecular complexity index is 1280. The molecule has 0 saturated carbocycles. The molecule has 0 aliphatic rings. The number of hydrogen-bond acceptors (Lipinski definition) is 4. The molecule has 0 bridgehead atoms. The van der Waals surface area contributed by atoms with E-state index in [2.05, 4.69) is 46.0 Å². The highest BCUT2D eigenvalue weighted by Gasteiger charge is 2.12. The fourth-order valence-electron chi connectivity index (χ4n) is 3.43. The van der Waals surface area contributed by atoms with E-state index in [0.717, 1.165) is 38.9 Å². The molecule has 2 aromatic heterocycles. The Balaban J connectivity index is 1.52. The van der Waals surface area contributed by atoms with E-state index in [-0.39, 0.29) is 0 Å². The third kappa shape index (κ3) is 4.11. The summed E-state index contributed by atoms with van der Waals surface area (Å²) in [5, 5.41) is 19.7. The Morgan fingerprint density at radius 1 is 1.26 bits per heavy atom. The topological polar surface area (TPSA) is 92.8 Å². The lowest BCUT2D eigenvalue weighted by atomic mass is 10.0. The van der Waals surface area contributed by atoms with E-state index in [9.17, 15) is 5.21 Å². The number of allylic oxidation sites excluding steroid dienone is 3. The molecule has 0 atom stereocenters. The second-order valence-corrected chi connectivity index (χ2v) is 7.21. The number of ether oxygens (including phenoxy) is 1. The minimum atomic E-state index is 0.360. The summed E-state index contributed by atoms with van der Waals surface area (Å²) in [6.07, 6.45) is 6.91. The van der Waals surface area contributed by atoms with Crippen LogP contribution in [0.3, 0.4) is 0 Å². The molecule has 0 aliphatic carbocycles. The third-order valence-electron chi connectivity index (χ3n) is 5.06. The minimum Gasteiger partial charge on any atom is -0.625 e. The van der Waals surface area contributed by atoms with Gasteiger partial charge in [-0.1, -0.05) is 49.1 Å². The van der Waals surface area contributed by atoms with Gasteiger partial charge in [-0.15, -0.1) is 5.10 Å². The maximum atomic E-state index is 10.8. The van der Waals surface area contributed by atoms with E-state index in [0.29, 0.717) is 18.2 Å². The summed E-state index contributed by atoms with van der Waals surface area (Å²) >= 11 is 0. The van der Waals surface area contributed by atoms with Crippen LogP contribution in [0.15, 0.2) is 73.7 Å². The van der Waals surface area contributed by atoms with Gasteiger partial charge >= 0.3 is 0 Å². The summed E-state index contributed by atoms with van der Waals surface area (Å²) in [7, 11) is 1.99. The van der Waals surface area contributed by atoms with Crippen LogP contribution in [0.1, 0.15) is 18.1 Å². The fourth-order valence-corrected chi connectivity index (χ4v) is 3.43. The molecule has 2 aromatic carbocycles. The molecule has 0 fully saturated rings. The number of aromatic amines is 1. The van der Waals surface area contributed by atoms with Crippen LogP contribution in [0.5, 0.6) is 5.88 Å². The van der Waals surface area contributed by atoms with Crippen molar-refractivity contribution in [3.05, 3.63) is 90.1 Å². The van der Waals surface area contributed by atoms with Crippen molar-refractivity contribution >= 4 is 22.3 Å². The van der Waals surface area contributed by atoms with Crippen LogP contribution in [0.4, 0.5) is 0 Å². The highest BCUT2D eigenvalue weighted by atomic mass is 16.5. The van der Waals surface area contributed by atoms with Gasteiger partial charge in [0.05, 0.1) is 22.9 Å². The smallest absolute Gasteiger partial charge is 0.240 e. The van der Waals surface area contributed by atoms with Crippen LogP contribution in [0.25, 0.3) is 27.7 Å². The molecule has 7 heteroatoms. The van der Waals surface area contributed by atoms with Gasteiger partial charge in [-0.25, -0.2) is 10.1 Å². The Kier molecular flexibility index (Phi) is 5.66. The minimum absolute atomic E-state index is 0.360. The van der Waals surface area contributed by atoms with Crippen LogP contribution in [0.2, 0.25) is 0 Å². The predicted octanol–water partition coefficient (Wildman–Crippen LogP) is 3.15. The maximum absolute atomic E-state index is 10.8. The van der Waals surface area contributed by atoms with Crippen molar-refractivity contribution in [2.45, 2.75) is 13.5 Å². The summed E-state index contributed by atoms with van der Waals surface area (Å²) in [4.78, 5) is 4.54. The average Bonchev–Trinajstić information content (AvgIpc) is 3.43. The van der Waals surface area contributed by atoms with E-state index in [1.54, 1.807) is 25.3 Å². The molecular formula is C24H23N5O2. The normalized spacial score (nSPS) is 12.3. The second-order valence-electron chi connectivity index (χ2n) is 7.21. The predicted molar refractivity (Wildman–Crippen MR) is 122 cm³/mol. The van der Waals surface area contributed by atoms with Crippen LogP contribution in [-0.4, -0.2) is 25.5 Å². The fraction of sp³-hybridized carbons (Fsp3) is 0.125. The number of imidazole rings is 1. The lowest BCUT2D eigenvalue weighted by molar-refractivity contribution is -0.372. The number of benzene rings is 2. The number of para-hydroxylation sites is 1. The highest BCUT2D eigenvalue weighted by molar-refractivity contribution is 5.98. The van der Waals surface area contributed by atoms with Gasteiger partial charge in [0.1, 0.15) is 6.61 Å². The second kappa shape index (κ2) is 8.71. The van der Waals surface area contributed by atoms with Crippen LogP contribution < -0.4 is 9.89 Å². The zero-order valence-corrected chi connectivity index (χ0v) is 17.4. The van der Waals surface area contributed by atoms with Crippen LogP contribution >= 0.6 is 0 Å². The van der Waals surface area contributed by atoms with Gasteiger partial charge in [-0.2, -0.15) is 0 Å². The van der Waals surface area contributed by atoms with Gasteiger partial charge in [0.25, 0.3) is 0 Å². The quantitative estimate of drug-likeness (QED) is 0.211. The van der Waals surface area contributed by atoms with Crippen LogP contribution in [-0.2, 0) is 13.7 Å². The van der Waals surface area contributed by atoms with E-state index in [1.165, 1.54) is 0 Å². The average molecular weight is 413 g/mol. The standard InChI is InChI=1S/C24H23N5O2/c1-4-18(12-16(2)28-30)21-13-26-27-24(21)31-14-17-8-10-19(11-9-17)20-6-5-7-22-23(20)25-15-29(22)3/h4-13,15,28H,1,14H2,2-3H3,(H-,26,27,30)/b18-12+,28-16+. The first-order chi connectivity index (χ1) is 15.1. The number of aryl methyl sites for hydroxylation is 1. The number of fused-ring (bicyclic) bond motifs is 1. The van der Waals surface area contributed by atoms with Crippen molar-refractivity contribution in [2.75, 3.05) is 0 Å². The summed E-state index contributed by atoms with van der Waals surface area (Å²) in [6, 6.07) is 14.4. The zero-order chi connectivity index (χ0) is 21.8. The Labute approximate surface area is 180 Å². The molecule has 0 spiro atoms. The van der Waals surface area contributed by atoms with Crippen LogP contribution in [0, 0.1) is 5.21 Å². The van der Waals surface area contributed by atoms with Crippen molar-refractivity contribution in [2.24, 2.45) is 7.05 Å². The summed E-state index contributed by atoms with van der Waals surface area (Å²) in [5.41, 5.74) is 7.24. The molecule has 31 heavy (non-hydrogen) atoms. The van der Waals surface area contributed by atoms with Crippen molar-refractivity contribution < 1.29 is 9.89 Å². The van der Waals surface area contributed by atoms with Crippen molar-refractivity contribution in [1.82, 2.24) is 19.7 Å². The summed E-state index contributed by atoms with van der Waals surface area (Å²) < 4.78 is 7.94. The maximum Gasteiger partial charge on any atom is 0.240 e. The van der Waals surface area contributed by atoms with Gasteiger partial charge in [-0.3, -0.25) is 5.10 Å². The van der Waals surface area contributed by atoms with Crippen molar-refractivity contribution in [3.63, 3.8) is 0 Å². The zero-order valence-electron chi connectivity index (χ0n) is 17.4. The van der Waals surface area contributed by atoms with E-state index in [1.807, 2.05) is 41.3 Å². The van der Waals surface area contributed by atoms with Crippen molar-refractivity contribution in [1.29, 1.82) is 0 Å². The lowest BCUT2D eigenvalue weighted by Crippen LogP contribution is -2.64. The molecule has 0 aliphatic heterocycles. The summed E-state index contributed by atoms with van der Waals surface area (Å²) in [6.45, 7) is 5.85. The molecular weight excluding hydrogens is 390 g/mol. The number of nitrogens with one attached hydrogen (secondary N) is 2. The van der Waals surface area contributed by atoms with E-state index in [4.69, 9.17) is 4.74 Å². The lowest BCUT2D eigenvalue weighted by Gasteiger charge is -2.08. The molecule has 0 saturated heterocycles.